The van der Waals surface area contributed by atoms with Crippen molar-refractivity contribution in [3.63, 3.8) is 0 Å². The minimum atomic E-state index is -1.36. The molecule has 3 amide bonds. The van der Waals surface area contributed by atoms with E-state index >= 15 is 0 Å². The lowest BCUT2D eigenvalue weighted by Crippen LogP contribution is -2.59. The molecule has 5 heterocycles. The molecule has 0 saturated carbocycles. The van der Waals surface area contributed by atoms with E-state index in [1.807, 2.05) is 69.3 Å². The second-order valence-corrected chi connectivity index (χ2v) is 11.5. The molecule has 218 valence electrons. The number of para-hydroxylation sites is 1. The number of aliphatic hydroxyl groups excluding tert-OH is 1. The Kier molecular flexibility index (Phi) is 6.97. The Balaban J connectivity index is 1.46. The highest BCUT2D eigenvalue weighted by Gasteiger charge is 2.75. The van der Waals surface area contributed by atoms with E-state index in [1.165, 1.54) is 4.90 Å². The molecule has 2 saturated heterocycles. The number of aromatic nitrogens is 3. The van der Waals surface area contributed by atoms with Gasteiger partial charge in [-0.1, -0.05) is 62.4 Å². The van der Waals surface area contributed by atoms with E-state index in [-0.39, 0.29) is 37.5 Å². The molecule has 4 aliphatic heterocycles. The Morgan fingerprint density at radius 1 is 1.00 bits per heavy atom. The van der Waals surface area contributed by atoms with Gasteiger partial charge in [0.15, 0.2) is 0 Å². The molecule has 0 aliphatic carbocycles. The van der Waals surface area contributed by atoms with Crippen LogP contribution < -0.4 is 0 Å². The first-order chi connectivity index (χ1) is 19.9. The predicted molar refractivity (Wildman–Crippen MR) is 150 cm³/mol. The van der Waals surface area contributed by atoms with Crippen molar-refractivity contribution in [1.82, 2.24) is 29.7 Å². The highest BCUT2D eigenvalue weighted by atomic mass is 16.5. The number of likely N-dealkylation sites (tertiary alicyclic amines) is 1. The summed E-state index contributed by atoms with van der Waals surface area (Å²) in [5, 5.41) is 18.9. The van der Waals surface area contributed by atoms with Crippen LogP contribution in [0.1, 0.15) is 40.0 Å². The normalized spacial score (nSPS) is 31.9. The van der Waals surface area contributed by atoms with Gasteiger partial charge in [-0.25, -0.2) is 4.68 Å². The number of amides is 3. The summed E-state index contributed by atoms with van der Waals surface area (Å²) in [6.45, 7) is 6.99. The molecular formula is C30H38N6O5. The molecule has 2 fully saturated rings. The maximum absolute atomic E-state index is 14.6. The summed E-state index contributed by atoms with van der Waals surface area (Å²) in [5.74, 6) is -2.42. The molecule has 41 heavy (non-hydrogen) atoms. The van der Waals surface area contributed by atoms with Crippen molar-refractivity contribution in [2.45, 2.75) is 70.0 Å². The fourth-order valence-corrected chi connectivity index (χ4v) is 7.39. The molecule has 6 rings (SSSR count). The molecule has 11 heteroatoms. The van der Waals surface area contributed by atoms with E-state index in [1.54, 1.807) is 14.5 Å². The van der Waals surface area contributed by atoms with Gasteiger partial charge in [0, 0.05) is 19.6 Å². The van der Waals surface area contributed by atoms with Crippen LogP contribution in [0.25, 0.3) is 11.0 Å². The number of aliphatic hydroxyl groups is 1. The highest BCUT2D eigenvalue weighted by molar-refractivity contribution is 6.00. The molecule has 2 aromatic rings. The lowest BCUT2D eigenvalue weighted by Gasteiger charge is -2.40. The van der Waals surface area contributed by atoms with E-state index in [0.717, 1.165) is 17.5 Å². The Labute approximate surface area is 239 Å². The zero-order valence-corrected chi connectivity index (χ0v) is 23.8. The van der Waals surface area contributed by atoms with Gasteiger partial charge in [-0.3, -0.25) is 14.4 Å². The first-order valence-electron chi connectivity index (χ1n) is 14.7. The number of hydrogen-bond acceptors (Lipinski definition) is 7. The Hall–Kier alpha value is -3.57. The largest absolute Gasteiger partial charge is 0.394 e. The second kappa shape index (κ2) is 10.4. The number of rotatable bonds is 8. The van der Waals surface area contributed by atoms with Crippen LogP contribution in [-0.2, 0) is 25.8 Å². The van der Waals surface area contributed by atoms with Crippen molar-refractivity contribution in [3.8, 4) is 0 Å². The van der Waals surface area contributed by atoms with Crippen LogP contribution in [0.5, 0.6) is 0 Å². The van der Waals surface area contributed by atoms with Crippen molar-refractivity contribution in [3.05, 3.63) is 48.6 Å². The maximum atomic E-state index is 14.6. The quantitative estimate of drug-likeness (QED) is 0.487. The van der Waals surface area contributed by atoms with Crippen LogP contribution in [0, 0.1) is 11.8 Å². The molecule has 11 nitrogen and oxygen atoms in total. The third-order valence-corrected chi connectivity index (χ3v) is 9.34. The molecule has 1 N–H and O–H groups in total. The first-order valence-corrected chi connectivity index (χ1v) is 14.7. The summed E-state index contributed by atoms with van der Waals surface area (Å²) < 4.78 is 8.66. The molecule has 1 unspecified atom stereocenters. The van der Waals surface area contributed by atoms with Gasteiger partial charge < -0.3 is 24.5 Å². The van der Waals surface area contributed by atoms with E-state index in [9.17, 15) is 19.5 Å². The number of fused-ring (bicyclic) bond motifs is 3. The standard InChI is InChI=1S/C30H38N6O5/c1-4-15-33-16-9-13-29(6-3)23(26(33)38)24-27(39)36(20(5-2)18-37)25-28(40)34(17-10-14-30(24,25)41-29)19-35-22-12-8-7-11-21(22)31-32-35/h7-14,20,23-25,37H,4-6,15-19H2,1-3H3/t20-,23-,24-,25?,29+,30-/m0/s1. The second-order valence-electron chi connectivity index (χ2n) is 11.5. The van der Waals surface area contributed by atoms with Gasteiger partial charge in [-0.15, -0.1) is 5.10 Å². The number of carbonyl (C=O) groups is 3. The van der Waals surface area contributed by atoms with Gasteiger partial charge in [-0.2, -0.15) is 0 Å². The van der Waals surface area contributed by atoms with Crippen molar-refractivity contribution in [2.75, 3.05) is 26.2 Å². The van der Waals surface area contributed by atoms with E-state index in [4.69, 9.17) is 4.74 Å². The summed E-state index contributed by atoms with van der Waals surface area (Å²) in [4.78, 5) is 48.2. The third kappa shape index (κ3) is 3.96. The zero-order chi connectivity index (χ0) is 28.9. The van der Waals surface area contributed by atoms with E-state index in [2.05, 4.69) is 10.3 Å². The molecule has 0 radical (unpaired) electrons. The maximum Gasteiger partial charge on any atom is 0.250 e. The average Bonchev–Trinajstić information content (AvgIpc) is 3.52. The molecule has 1 aromatic heterocycles. The molecule has 0 bridgehead atoms. The number of ether oxygens (including phenoxy) is 1. The molecule has 4 aliphatic rings. The summed E-state index contributed by atoms with van der Waals surface area (Å²) in [5.41, 5.74) is -0.867. The average molecular weight is 563 g/mol. The van der Waals surface area contributed by atoms with Crippen LogP contribution in [0.15, 0.2) is 48.6 Å². The Bertz CT molecular complexity index is 1420. The Morgan fingerprint density at radius 2 is 1.76 bits per heavy atom. The van der Waals surface area contributed by atoms with Crippen LogP contribution in [0.3, 0.4) is 0 Å². The minimum Gasteiger partial charge on any atom is -0.394 e. The SMILES string of the molecule is CCCN1CC=C[C@@]2(CC)O[C@]34C=CCN(Cn5nnc6ccccc65)C(=O)C3N([C@@H](CC)CO)C(=O)[C@@H]4[C@H]2C1=O. The summed E-state index contributed by atoms with van der Waals surface area (Å²) in [6, 6.07) is 5.90. The third-order valence-electron chi connectivity index (χ3n) is 9.34. The van der Waals surface area contributed by atoms with Crippen LogP contribution in [0.4, 0.5) is 0 Å². The zero-order valence-electron chi connectivity index (χ0n) is 23.8. The predicted octanol–water partition coefficient (Wildman–Crippen LogP) is 1.73. The fourth-order valence-electron chi connectivity index (χ4n) is 7.39. The minimum absolute atomic E-state index is 0.123. The molecule has 1 spiro atoms. The van der Waals surface area contributed by atoms with Crippen molar-refractivity contribution in [1.29, 1.82) is 0 Å². The van der Waals surface area contributed by atoms with E-state index < -0.39 is 35.1 Å². The van der Waals surface area contributed by atoms with Crippen molar-refractivity contribution >= 4 is 28.8 Å². The van der Waals surface area contributed by atoms with E-state index in [0.29, 0.717) is 25.9 Å². The summed E-state index contributed by atoms with van der Waals surface area (Å²) >= 11 is 0. The summed E-state index contributed by atoms with van der Waals surface area (Å²) in [6.07, 6.45) is 9.33. The molecular weight excluding hydrogens is 524 g/mol. The number of benzene rings is 1. The fraction of sp³-hybridized carbons (Fsp3) is 0.567. The van der Waals surface area contributed by atoms with Crippen molar-refractivity contribution in [2.24, 2.45) is 11.8 Å². The Morgan fingerprint density at radius 3 is 2.49 bits per heavy atom. The van der Waals surface area contributed by atoms with Crippen LogP contribution in [-0.4, -0.2) is 102 Å². The number of carbonyl (C=O) groups excluding carboxylic acids is 3. The topological polar surface area (TPSA) is 121 Å². The van der Waals surface area contributed by atoms with Gasteiger partial charge in [0.1, 0.15) is 23.8 Å². The van der Waals surface area contributed by atoms with Crippen molar-refractivity contribution < 1.29 is 24.2 Å². The van der Waals surface area contributed by atoms with Gasteiger partial charge in [0.25, 0.3) is 5.91 Å². The van der Waals surface area contributed by atoms with Gasteiger partial charge >= 0.3 is 0 Å². The molecule has 1 aromatic carbocycles. The van der Waals surface area contributed by atoms with Gasteiger partial charge in [0.05, 0.1) is 35.6 Å². The van der Waals surface area contributed by atoms with Gasteiger partial charge in [0.2, 0.25) is 11.8 Å². The number of nitrogens with zero attached hydrogens (tertiary/aromatic N) is 6. The number of hydrogen-bond donors (Lipinski definition) is 1. The first kappa shape index (κ1) is 27.6. The monoisotopic (exact) mass is 562 g/mol. The summed E-state index contributed by atoms with van der Waals surface area (Å²) in [7, 11) is 0. The highest BCUT2D eigenvalue weighted by Crippen LogP contribution is 2.59. The lowest BCUT2D eigenvalue weighted by atomic mass is 9.73. The van der Waals surface area contributed by atoms with Crippen LogP contribution >= 0.6 is 0 Å². The smallest absolute Gasteiger partial charge is 0.250 e. The van der Waals surface area contributed by atoms with Gasteiger partial charge in [-0.05, 0) is 31.4 Å². The van der Waals surface area contributed by atoms with Crippen LogP contribution in [0.2, 0.25) is 0 Å². The lowest BCUT2D eigenvalue weighted by molar-refractivity contribution is -0.158. The molecule has 6 atom stereocenters.